The van der Waals surface area contributed by atoms with E-state index in [4.69, 9.17) is 0 Å². The van der Waals surface area contributed by atoms with E-state index in [0.29, 0.717) is 23.9 Å². The summed E-state index contributed by atoms with van der Waals surface area (Å²) in [5, 5.41) is 7.22. The van der Waals surface area contributed by atoms with E-state index in [0.717, 1.165) is 12.8 Å². The van der Waals surface area contributed by atoms with E-state index in [-0.39, 0.29) is 5.91 Å². The van der Waals surface area contributed by atoms with Gasteiger partial charge < -0.3 is 10.6 Å². The van der Waals surface area contributed by atoms with Gasteiger partial charge in [0, 0.05) is 17.3 Å². The van der Waals surface area contributed by atoms with Crippen molar-refractivity contribution < 1.29 is 4.79 Å². The van der Waals surface area contributed by atoms with E-state index in [2.05, 4.69) is 31.4 Å². The molecule has 0 saturated heterocycles. The molecular formula is C14H28N2OS. The van der Waals surface area contributed by atoms with E-state index in [9.17, 15) is 4.79 Å². The number of hydrogen-bond donors (Lipinski definition) is 2. The van der Waals surface area contributed by atoms with Gasteiger partial charge in [-0.25, -0.2) is 0 Å². The fourth-order valence-corrected chi connectivity index (χ4v) is 3.79. The molecule has 1 aliphatic rings. The average Bonchev–Trinajstić information content (AvgIpc) is 2.81. The number of carbonyl (C=O) groups excluding carboxylic acids is 1. The Morgan fingerprint density at radius 1 is 1.28 bits per heavy atom. The third-order valence-electron chi connectivity index (χ3n) is 3.71. The third kappa shape index (κ3) is 5.19. The van der Waals surface area contributed by atoms with Crippen LogP contribution >= 0.6 is 11.8 Å². The zero-order valence-electron chi connectivity index (χ0n) is 12.0. The van der Waals surface area contributed by atoms with E-state index in [1.165, 1.54) is 25.0 Å². The first-order valence-electron chi connectivity index (χ1n) is 7.35. The number of carbonyl (C=O) groups is 1. The van der Waals surface area contributed by atoms with Crippen LogP contribution in [0.2, 0.25) is 0 Å². The predicted molar refractivity (Wildman–Crippen MR) is 80.1 cm³/mol. The largest absolute Gasteiger partial charge is 0.352 e. The van der Waals surface area contributed by atoms with Crippen LogP contribution in [0.25, 0.3) is 0 Å². The lowest BCUT2D eigenvalue weighted by Gasteiger charge is -2.21. The summed E-state index contributed by atoms with van der Waals surface area (Å²) < 4.78 is 0. The Bertz CT molecular complexity index is 244. The molecule has 3 nitrogen and oxygen atoms in total. The molecule has 1 amide bonds. The molecule has 0 aromatic carbocycles. The molecule has 1 aliphatic carbocycles. The maximum Gasteiger partial charge on any atom is 0.234 e. The fraction of sp³-hybridized carbons (Fsp3) is 0.929. The highest BCUT2D eigenvalue weighted by Crippen LogP contribution is 2.29. The normalized spacial score (nSPS) is 23.6. The molecule has 1 fully saturated rings. The highest BCUT2D eigenvalue weighted by Gasteiger charge is 2.27. The zero-order valence-corrected chi connectivity index (χ0v) is 12.8. The minimum Gasteiger partial charge on any atom is -0.352 e. The summed E-state index contributed by atoms with van der Waals surface area (Å²) in [6.07, 6.45) is 5.84. The molecule has 0 bridgehead atoms. The Labute approximate surface area is 116 Å². The second-order valence-corrected chi connectivity index (χ2v) is 6.51. The molecular weight excluding hydrogens is 244 g/mol. The molecule has 0 aliphatic heterocycles. The number of nitrogens with one attached hydrogen (secondary N) is 2. The van der Waals surface area contributed by atoms with Gasteiger partial charge in [-0.1, -0.05) is 27.2 Å². The van der Waals surface area contributed by atoms with E-state index in [1.807, 2.05) is 11.8 Å². The minimum atomic E-state index is 0.149. The Hall–Kier alpha value is -0.220. The number of amides is 1. The van der Waals surface area contributed by atoms with Crippen molar-refractivity contribution in [3.63, 3.8) is 0 Å². The second-order valence-electron chi connectivity index (χ2n) is 4.99. The Morgan fingerprint density at radius 2 is 2.00 bits per heavy atom. The van der Waals surface area contributed by atoms with Gasteiger partial charge in [0.1, 0.15) is 0 Å². The van der Waals surface area contributed by atoms with Gasteiger partial charge in [-0.2, -0.15) is 11.8 Å². The first-order chi connectivity index (χ1) is 8.71. The van der Waals surface area contributed by atoms with Crippen molar-refractivity contribution in [2.45, 2.75) is 70.2 Å². The summed E-state index contributed by atoms with van der Waals surface area (Å²) in [4.78, 5) is 11.8. The number of rotatable bonds is 8. The topological polar surface area (TPSA) is 41.1 Å². The van der Waals surface area contributed by atoms with Gasteiger partial charge >= 0.3 is 0 Å². The third-order valence-corrected chi connectivity index (χ3v) is 5.03. The van der Waals surface area contributed by atoms with Gasteiger partial charge in [0.25, 0.3) is 0 Å². The van der Waals surface area contributed by atoms with Gasteiger partial charge in [0.15, 0.2) is 0 Å². The molecule has 0 aromatic heterocycles. The van der Waals surface area contributed by atoms with E-state index < -0.39 is 0 Å². The highest BCUT2D eigenvalue weighted by atomic mass is 32.2. The van der Waals surface area contributed by atoms with Crippen molar-refractivity contribution in [2.24, 2.45) is 0 Å². The second kappa shape index (κ2) is 8.81. The maximum absolute atomic E-state index is 11.8. The van der Waals surface area contributed by atoms with Gasteiger partial charge in [0.05, 0.1) is 6.54 Å². The van der Waals surface area contributed by atoms with Crippen molar-refractivity contribution in [1.29, 1.82) is 0 Å². The minimum absolute atomic E-state index is 0.149. The van der Waals surface area contributed by atoms with Crippen molar-refractivity contribution in [3.05, 3.63) is 0 Å². The van der Waals surface area contributed by atoms with Crippen LogP contribution in [0.5, 0.6) is 0 Å². The maximum atomic E-state index is 11.8. The molecule has 1 rings (SSSR count). The molecule has 0 spiro atoms. The monoisotopic (exact) mass is 272 g/mol. The quantitative estimate of drug-likeness (QED) is 0.713. The van der Waals surface area contributed by atoms with Crippen molar-refractivity contribution >= 4 is 17.7 Å². The van der Waals surface area contributed by atoms with Gasteiger partial charge in [-0.05, 0) is 31.4 Å². The first-order valence-corrected chi connectivity index (χ1v) is 8.40. The van der Waals surface area contributed by atoms with E-state index >= 15 is 0 Å². The Morgan fingerprint density at radius 3 is 2.61 bits per heavy atom. The van der Waals surface area contributed by atoms with Gasteiger partial charge in [-0.15, -0.1) is 0 Å². The molecule has 106 valence electrons. The van der Waals surface area contributed by atoms with Crippen LogP contribution in [0.1, 0.15) is 52.9 Å². The molecule has 4 heteroatoms. The van der Waals surface area contributed by atoms with Crippen LogP contribution in [0, 0.1) is 0 Å². The lowest BCUT2D eigenvalue weighted by atomic mass is 10.2. The van der Waals surface area contributed by atoms with Crippen LogP contribution in [0.15, 0.2) is 0 Å². The Kier molecular flexibility index (Phi) is 7.75. The molecule has 0 heterocycles. The van der Waals surface area contributed by atoms with Crippen molar-refractivity contribution in [1.82, 2.24) is 10.6 Å². The average molecular weight is 272 g/mol. The number of thioether (sulfide) groups is 1. The molecule has 18 heavy (non-hydrogen) atoms. The summed E-state index contributed by atoms with van der Waals surface area (Å²) >= 11 is 2.03. The van der Waals surface area contributed by atoms with Gasteiger partial charge in [-0.3, -0.25) is 4.79 Å². The molecule has 2 N–H and O–H groups in total. The molecule has 1 saturated carbocycles. The van der Waals surface area contributed by atoms with Crippen molar-refractivity contribution in [2.75, 3.05) is 12.3 Å². The first kappa shape index (κ1) is 15.8. The lowest BCUT2D eigenvalue weighted by Crippen LogP contribution is -2.44. The van der Waals surface area contributed by atoms with Crippen molar-refractivity contribution in [3.8, 4) is 0 Å². The molecule has 2 unspecified atom stereocenters. The van der Waals surface area contributed by atoms with Crippen LogP contribution in [-0.4, -0.2) is 35.5 Å². The zero-order chi connectivity index (χ0) is 13.4. The molecule has 0 radical (unpaired) electrons. The lowest BCUT2D eigenvalue weighted by molar-refractivity contribution is -0.121. The summed E-state index contributed by atoms with van der Waals surface area (Å²) in [5.74, 6) is 1.32. The van der Waals surface area contributed by atoms with Gasteiger partial charge in [0.2, 0.25) is 5.91 Å². The van der Waals surface area contributed by atoms with Crippen LogP contribution < -0.4 is 10.6 Å². The van der Waals surface area contributed by atoms with Crippen LogP contribution in [0.4, 0.5) is 0 Å². The summed E-state index contributed by atoms with van der Waals surface area (Å²) in [7, 11) is 0. The molecule has 2 atom stereocenters. The summed E-state index contributed by atoms with van der Waals surface area (Å²) in [6, 6.07) is 0.867. The molecule has 0 aromatic rings. The smallest absolute Gasteiger partial charge is 0.234 e. The predicted octanol–water partition coefficient (Wildman–Crippen LogP) is 2.55. The standard InChI is InChI=1S/C14H28N2OS/c1-4-11(5-2)16-14(17)10-15-12-8-7-9-13(12)18-6-3/h11-13,15H,4-10H2,1-3H3,(H,16,17). The fourth-order valence-electron chi connectivity index (χ4n) is 2.57. The number of hydrogen-bond acceptors (Lipinski definition) is 3. The van der Waals surface area contributed by atoms with Crippen LogP contribution in [-0.2, 0) is 4.79 Å². The SMILES string of the molecule is CCSC1CCCC1NCC(=O)NC(CC)CC. The highest BCUT2D eigenvalue weighted by molar-refractivity contribution is 7.99. The summed E-state index contributed by atoms with van der Waals surface area (Å²) in [5.41, 5.74) is 0. The summed E-state index contributed by atoms with van der Waals surface area (Å²) in [6.45, 7) is 6.92. The Balaban J connectivity index is 2.25. The van der Waals surface area contributed by atoms with Crippen LogP contribution in [0.3, 0.4) is 0 Å². The van der Waals surface area contributed by atoms with E-state index in [1.54, 1.807) is 0 Å².